The van der Waals surface area contributed by atoms with E-state index in [9.17, 15) is 0 Å². The molecule has 0 atom stereocenters. The molecule has 1 fully saturated rings. The van der Waals surface area contributed by atoms with E-state index in [0.29, 0.717) is 5.41 Å². The molecular weight excluding hydrogens is 240 g/mol. The molecule has 1 aromatic rings. The predicted molar refractivity (Wildman–Crippen MR) is 80.3 cm³/mol. The number of anilines is 1. The highest BCUT2D eigenvalue weighted by atomic mass is 32.1. The molecule has 0 amide bonds. The second-order valence-electron chi connectivity index (χ2n) is 6.16. The minimum absolute atomic E-state index is 0.534. The van der Waals surface area contributed by atoms with Crippen molar-refractivity contribution in [3.05, 3.63) is 11.1 Å². The van der Waals surface area contributed by atoms with Crippen LogP contribution in [0.25, 0.3) is 0 Å². The standard InChI is InChI=1S/C15H26N2S/c1-4-13-10-18-14(17-13)16-11-15(9-12(2)3)7-5-6-8-15/h10,12H,4-9,11H2,1-3H3,(H,16,17). The molecule has 18 heavy (non-hydrogen) atoms. The summed E-state index contributed by atoms with van der Waals surface area (Å²) in [5, 5.41) is 6.88. The molecule has 1 N–H and O–H groups in total. The Labute approximate surface area is 115 Å². The fourth-order valence-corrected chi connectivity index (χ4v) is 4.05. The van der Waals surface area contributed by atoms with Crippen LogP contribution in [0.1, 0.15) is 58.6 Å². The van der Waals surface area contributed by atoms with Crippen LogP contribution in [0.15, 0.2) is 5.38 Å². The minimum atomic E-state index is 0.534. The highest BCUT2D eigenvalue weighted by molar-refractivity contribution is 7.13. The average Bonchev–Trinajstić information content (AvgIpc) is 2.95. The van der Waals surface area contributed by atoms with Crippen molar-refractivity contribution < 1.29 is 0 Å². The van der Waals surface area contributed by atoms with Crippen LogP contribution >= 0.6 is 11.3 Å². The number of nitrogens with zero attached hydrogens (tertiary/aromatic N) is 1. The number of aromatic nitrogens is 1. The van der Waals surface area contributed by atoms with E-state index in [0.717, 1.165) is 24.0 Å². The molecule has 1 aliphatic rings. The van der Waals surface area contributed by atoms with Gasteiger partial charge in [-0.15, -0.1) is 11.3 Å². The molecule has 0 unspecified atom stereocenters. The van der Waals surface area contributed by atoms with Crippen LogP contribution in [-0.4, -0.2) is 11.5 Å². The first kappa shape index (κ1) is 13.9. The lowest BCUT2D eigenvalue weighted by atomic mass is 9.78. The Morgan fingerprint density at radius 1 is 1.39 bits per heavy atom. The average molecular weight is 266 g/mol. The SMILES string of the molecule is CCc1csc(NCC2(CC(C)C)CCCC2)n1. The van der Waals surface area contributed by atoms with E-state index in [1.165, 1.54) is 37.8 Å². The van der Waals surface area contributed by atoms with Crippen LogP contribution in [-0.2, 0) is 6.42 Å². The largest absolute Gasteiger partial charge is 0.361 e. The first-order chi connectivity index (χ1) is 8.63. The second-order valence-corrected chi connectivity index (χ2v) is 7.01. The summed E-state index contributed by atoms with van der Waals surface area (Å²) in [5.41, 5.74) is 1.75. The van der Waals surface area contributed by atoms with Gasteiger partial charge in [-0.2, -0.15) is 0 Å². The summed E-state index contributed by atoms with van der Waals surface area (Å²) in [4.78, 5) is 4.61. The fraction of sp³-hybridized carbons (Fsp3) is 0.800. The first-order valence-electron chi connectivity index (χ1n) is 7.32. The van der Waals surface area contributed by atoms with Crippen LogP contribution < -0.4 is 5.32 Å². The number of thiazole rings is 1. The van der Waals surface area contributed by atoms with Crippen molar-refractivity contribution in [2.75, 3.05) is 11.9 Å². The van der Waals surface area contributed by atoms with Crippen molar-refractivity contribution in [2.45, 2.75) is 59.3 Å². The van der Waals surface area contributed by atoms with Crippen LogP contribution in [0.4, 0.5) is 5.13 Å². The number of aryl methyl sites for hydroxylation is 1. The number of hydrogen-bond acceptors (Lipinski definition) is 3. The van der Waals surface area contributed by atoms with Gasteiger partial charge in [0, 0.05) is 11.9 Å². The molecule has 3 heteroatoms. The van der Waals surface area contributed by atoms with E-state index in [1.807, 2.05) is 0 Å². The Morgan fingerprint density at radius 2 is 2.11 bits per heavy atom. The van der Waals surface area contributed by atoms with Crippen LogP contribution in [0.3, 0.4) is 0 Å². The van der Waals surface area contributed by atoms with Crippen LogP contribution in [0.5, 0.6) is 0 Å². The van der Waals surface area contributed by atoms with E-state index >= 15 is 0 Å². The van der Waals surface area contributed by atoms with Gasteiger partial charge < -0.3 is 5.32 Å². The maximum absolute atomic E-state index is 4.61. The van der Waals surface area contributed by atoms with E-state index in [-0.39, 0.29) is 0 Å². The molecule has 0 radical (unpaired) electrons. The van der Waals surface area contributed by atoms with Crippen LogP contribution in [0.2, 0.25) is 0 Å². The third kappa shape index (κ3) is 3.47. The highest BCUT2D eigenvalue weighted by Gasteiger charge is 2.34. The predicted octanol–water partition coefficient (Wildman–Crippen LogP) is 4.72. The van der Waals surface area contributed by atoms with Gasteiger partial charge in [0.05, 0.1) is 5.69 Å². The van der Waals surface area contributed by atoms with E-state index < -0.39 is 0 Å². The normalized spacial score (nSPS) is 18.4. The van der Waals surface area contributed by atoms with Crippen molar-refractivity contribution in [2.24, 2.45) is 11.3 Å². The molecule has 1 aliphatic carbocycles. The lowest BCUT2D eigenvalue weighted by Crippen LogP contribution is -2.28. The van der Waals surface area contributed by atoms with Crippen LogP contribution in [0, 0.1) is 11.3 Å². The number of hydrogen-bond donors (Lipinski definition) is 1. The molecule has 0 aromatic carbocycles. The summed E-state index contributed by atoms with van der Waals surface area (Å²) in [6.45, 7) is 7.97. The van der Waals surface area contributed by atoms with Gasteiger partial charge >= 0.3 is 0 Å². The maximum atomic E-state index is 4.61. The van der Waals surface area contributed by atoms with Crippen molar-refractivity contribution in [3.63, 3.8) is 0 Å². The maximum Gasteiger partial charge on any atom is 0.182 e. The molecule has 1 heterocycles. The van der Waals surface area contributed by atoms with Gasteiger partial charge in [-0.05, 0) is 37.0 Å². The molecule has 2 nitrogen and oxygen atoms in total. The monoisotopic (exact) mass is 266 g/mol. The molecule has 0 spiro atoms. The summed E-state index contributed by atoms with van der Waals surface area (Å²) in [6.07, 6.45) is 7.99. The molecule has 1 aromatic heterocycles. The summed E-state index contributed by atoms with van der Waals surface area (Å²) < 4.78 is 0. The Morgan fingerprint density at radius 3 is 2.67 bits per heavy atom. The quantitative estimate of drug-likeness (QED) is 0.805. The topological polar surface area (TPSA) is 24.9 Å². The Bertz CT molecular complexity index is 364. The Balaban J connectivity index is 1.93. The van der Waals surface area contributed by atoms with Crippen molar-refractivity contribution in [1.29, 1.82) is 0 Å². The van der Waals surface area contributed by atoms with Crippen molar-refractivity contribution >= 4 is 16.5 Å². The van der Waals surface area contributed by atoms with Gasteiger partial charge in [-0.1, -0.05) is 33.6 Å². The zero-order valence-corrected chi connectivity index (χ0v) is 12.8. The third-order valence-corrected chi connectivity index (χ3v) is 4.88. The van der Waals surface area contributed by atoms with Gasteiger partial charge in [0.25, 0.3) is 0 Å². The molecule has 0 bridgehead atoms. The highest BCUT2D eigenvalue weighted by Crippen LogP contribution is 2.43. The molecule has 1 saturated carbocycles. The van der Waals surface area contributed by atoms with Crippen molar-refractivity contribution in [1.82, 2.24) is 4.98 Å². The smallest absolute Gasteiger partial charge is 0.182 e. The lowest BCUT2D eigenvalue weighted by Gasteiger charge is -2.31. The lowest BCUT2D eigenvalue weighted by molar-refractivity contribution is 0.252. The third-order valence-electron chi connectivity index (χ3n) is 4.03. The zero-order chi connectivity index (χ0) is 13.0. The van der Waals surface area contributed by atoms with E-state index in [2.05, 4.69) is 36.5 Å². The summed E-state index contributed by atoms with van der Waals surface area (Å²) in [7, 11) is 0. The van der Waals surface area contributed by atoms with Gasteiger partial charge in [-0.3, -0.25) is 0 Å². The summed E-state index contributed by atoms with van der Waals surface area (Å²) in [5.74, 6) is 0.799. The van der Waals surface area contributed by atoms with E-state index in [1.54, 1.807) is 11.3 Å². The molecule has 2 rings (SSSR count). The molecule has 0 saturated heterocycles. The molecular formula is C15H26N2S. The minimum Gasteiger partial charge on any atom is -0.361 e. The molecule has 0 aliphatic heterocycles. The van der Waals surface area contributed by atoms with Gasteiger partial charge in [0.1, 0.15) is 0 Å². The number of nitrogens with one attached hydrogen (secondary N) is 1. The summed E-state index contributed by atoms with van der Waals surface area (Å²) in [6, 6.07) is 0. The van der Waals surface area contributed by atoms with E-state index in [4.69, 9.17) is 0 Å². The van der Waals surface area contributed by atoms with Gasteiger partial charge in [0.2, 0.25) is 0 Å². The Kier molecular flexibility index (Phi) is 4.66. The zero-order valence-electron chi connectivity index (χ0n) is 12.0. The molecule has 102 valence electrons. The number of rotatable bonds is 6. The fourth-order valence-electron chi connectivity index (χ4n) is 3.26. The van der Waals surface area contributed by atoms with Gasteiger partial charge in [-0.25, -0.2) is 4.98 Å². The Hall–Kier alpha value is -0.570. The first-order valence-corrected chi connectivity index (χ1v) is 8.20. The second kappa shape index (κ2) is 6.05. The van der Waals surface area contributed by atoms with Gasteiger partial charge in [0.15, 0.2) is 5.13 Å². The summed E-state index contributed by atoms with van der Waals surface area (Å²) >= 11 is 1.75. The van der Waals surface area contributed by atoms with Crippen molar-refractivity contribution in [3.8, 4) is 0 Å².